The van der Waals surface area contributed by atoms with Crippen molar-refractivity contribution in [1.29, 1.82) is 0 Å². The highest BCUT2D eigenvalue weighted by atomic mass is 79.9. The van der Waals surface area contributed by atoms with Gasteiger partial charge in [0.2, 0.25) is 0 Å². The quantitative estimate of drug-likeness (QED) is 0.593. The molecule has 15 heavy (non-hydrogen) atoms. The van der Waals surface area contributed by atoms with E-state index in [0.717, 1.165) is 0 Å². The molecule has 0 amide bonds. The predicted molar refractivity (Wildman–Crippen MR) is 74.9 cm³/mol. The van der Waals surface area contributed by atoms with Crippen molar-refractivity contribution < 1.29 is 0 Å². The molecular formula is C12H16Br2S. The summed E-state index contributed by atoms with van der Waals surface area (Å²) in [5, 5.41) is 0. The molecule has 1 aliphatic carbocycles. The van der Waals surface area contributed by atoms with Crippen LogP contribution < -0.4 is 0 Å². The molecule has 0 aromatic carbocycles. The molecule has 0 bridgehead atoms. The van der Waals surface area contributed by atoms with Gasteiger partial charge < -0.3 is 0 Å². The van der Waals surface area contributed by atoms with Gasteiger partial charge in [0.25, 0.3) is 0 Å². The Balaban J connectivity index is 2.21. The molecule has 1 heterocycles. The summed E-state index contributed by atoms with van der Waals surface area (Å²) in [6.45, 7) is 2.34. The Kier molecular flexibility index (Phi) is 3.95. The summed E-state index contributed by atoms with van der Waals surface area (Å²) >= 11 is 9.35. The fourth-order valence-electron chi connectivity index (χ4n) is 2.63. The van der Waals surface area contributed by atoms with Gasteiger partial charge in [-0.05, 0) is 52.7 Å². The van der Waals surface area contributed by atoms with Crippen molar-refractivity contribution in [2.24, 2.45) is 5.41 Å². The molecular weight excluding hydrogens is 336 g/mol. The van der Waals surface area contributed by atoms with Gasteiger partial charge >= 0.3 is 0 Å². The zero-order chi connectivity index (χ0) is 10.9. The van der Waals surface area contributed by atoms with Crippen LogP contribution in [0.3, 0.4) is 0 Å². The molecule has 84 valence electrons. The van der Waals surface area contributed by atoms with Gasteiger partial charge in [0.15, 0.2) is 0 Å². The summed E-state index contributed by atoms with van der Waals surface area (Å²) in [5.41, 5.74) is 0.518. The molecule has 1 fully saturated rings. The minimum absolute atomic E-state index is 0.518. The molecule has 0 spiro atoms. The SMILES string of the molecule is CCC1(C(Br)c2ccc(Br)s2)CCCC1. The second-order valence-electron chi connectivity index (χ2n) is 4.43. The average Bonchev–Trinajstić information content (AvgIpc) is 2.86. The Morgan fingerprint density at radius 1 is 1.40 bits per heavy atom. The lowest BCUT2D eigenvalue weighted by Crippen LogP contribution is -2.20. The summed E-state index contributed by atoms with van der Waals surface area (Å²) in [6, 6.07) is 4.41. The minimum Gasteiger partial charge on any atom is -0.132 e. The molecule has 1 atom stereocenters. The highest BCUT2D eigenvalue weighted by Crippen LogP contribution is 2.55. The van der Waals surface area contributed by atoms with E-state index in [9.17, 15) is 0 Å². The molecule has 1 saturated carbocycles. The second-order valence-corrected chi connectivity index (χ2v) is 7.84. The molecule has 0 aliphatic heterocycles. The Morgan fingerprint density at radius 3 is 2.53 bits per heavy atom. The third-order valence-corrected chi connectivity index (χ3v) is 7.14. The van der Waals surface area contributed by atoms with Crippen molar-refractivity contribution in [3.8, 4) is 0 Å². The largest absolute Gasteiger partial charge is 0.132 e. The number of rotatable bonds is 3. The first kappa shape index (κ1) is 12.1. The second kappa shape index (κ2) is 4.89. The van der Waals surface area contributed by atoms with Crippen LogP contribution >= 0.6 is 43.2 Å². The van der Waals surface area contributed by atoms with E-state index in [1.54, 1.807) is 0 Å². The standard InChI is InChI=1S/C12H16Br2S/c1-2-12(7-3-4-8-12)11(14)9-5-6-10(13)15-9/h5-6,11H,2-4,7-8H2,1H3. The Morgan fingerprint density at radius 2 is 2.07 bits per heavy atom. The molecule has 1 aliphatic rings. The lowest BCUT2D eigenvalue weighted by Gasteiger charge is -2.32. The maximum absolute atomic E-state index is 3.93. The number of hydrogen-bond donors (Lipinski definition) is 0. The van der Waals surface area contributed by atoms with Gasteiger partial charge in [-0.15, -0.1) is 11.3 Å². The normalized spacial score (nSPS) is 21.8. The first-order chi connectivity index (χ1) is 7.18. The van der Waals surface area contributed by atoms with Crippen molar-refractivity contribution >= 4 is 43.2 Å². The van der Waals surface area contributed by atoms with Crippen LogP contribution in [0, 0.1) is 5.41 Å². The van der Waals surface area contributed by atoms with Crippen LogP contribution in [0.2, 0.25) is 0 Å². The smallest absolute Gasteiger partial charge is 0.0701 e. The molecule has 0 N–H and O–H groups in total. The van der Waals surface area contributed by atoms with Crippen LogP contribution in [0.15, 0.2) is 15.9 Å². The van der Waals surface area contributed by atoms with Gasteiger partial charge in [-0.2, -0.15) is 0 Å². The monoisotopic (exact) mass is 350 g/mol. The van der Waals surface area contributed by atoms with E-state index in [1.165, 1.54) is 40.8 Å². The van der Waals surface area contributed by atoms with E-state index < -0.39 is 0 Å². The van der Waals surface area contributed by atoms with Crippen LogP contribution in [0.5, 0.6) is 0 Å². The average molecular weight is 352 g/mol. The van der Waals surface area contributed by atoms with Crippen molar-refractivity contribution in [1.82, 2.24) is 0 Å². The molecule has 1 aromatic rings. The topological polar surface area (TPSA) is 0 Å². The van der Waals surface area contributed by atoms with Crippen LogP contribution in [0.4, 0.5) is 0 Å². The predicted octanol–water partition coefficient (Wildman–Crippen LogP) is 5.92. The Hall–Kier alpha value is 0.660. The first-order valence-corrected chi connectivity index (χ1v) is 8.10. The lowest BCUT2D eigenvalue weighted by molar-refractivity contribution is 0.281. The molecule has 0 saturated heterocycles. The number of hydrogen-bond acceptors (Lipinski definition) is 1. The number of thiophene rings is 1. The summed E-state index contributed by atoms with van der Waals surface area (Å²) in [4.78, 5) is 2.03. The summed E-state index contributed by atoms with van der Waals surface area (Å²) in [6.07, 6.45) is 6.87. The van der Waals surface area contributed by atoms with Crippen LogP contribution in [-0.4, -0.2) is 0 Å². The third-order valence-electron chi connectivity index (χ3n) is 3.68. The lowest BCUT2D eigenvalue weighted by atomic mass is 9.79. The highest BCUT2D eigenvalue weighted by Gasteiger charge is 2.39. The zero-order valence-corrected chi connectivity index (χ0v) is 12.9. The highest BCUT2D eigenvalue weighted by molar-refractivity contribution is 9.11. The van der Waals surface area contributed by atoms with Gasteiger partial charge in [0.05, 0.1) is 8.61 Å². The van der Waals surface area contributed by atoms with Gasteiger partial charge in [-0.3, -0.25) is 0 Å². The van der Waals surface area contributed by atoms with E-state index in [2.05, 4.69) is 50.9 Å². The van der Waals surface area contributed by atoms with Gasteiger partial charge in [0.1, 0.15) is 0 Å². The maximum atomic E-state index is 3.93. The molecule has 0 nitrogen and oxygen atoms in total. The molecule has 2 rings (SSSR count). The van der Waals surface area contributed by atoms with E-state index in [-0.39, 0.29) is 0 Å². The Bertz CT molecular complexity index is 326. The van der Waals surface area contributed by atoms with Crippen molar-refractivity contribution in [2.75, 3.05) is 0 Å². The fourth-order valence-corrected chi connectivity index (χ4v) is 5.39. The molecule has 1 aromatic heterocycles. The van der Waals surface area contributed by atoms with E-state index in [1.807, 2.05) is 11.3 Å². The van der Waals surface area contributed by atoms with Crippen molar-refractivity contribution in [3.63, 3.8) is 0 Å². The third kappa shape index (κ3) is 2.34. The number of alkyl halides is 1. The van der Waals surface area contributed by atoms with Gasteiger partial charge in [0, 0.05) is 4.88 Å². The Labute approximate surface area is 113 Å². The maximum Gasteiger partial charge on any atom is 0.0701 e. The fraction of sp³-hybridized carbons (Fsp3) is 0.667. The summed E-state index contributed by atoms with van der Waals surface area (Å²) in [5.74, 6) is 0. The van der Waals surface area contributed by atoms with E-state index >= 15 is 0 Å². The van der Waals surface area contributed by atoms with Crippen molar-refractivity contribution in [3.05, 3.63) is 20.8 Å². The molecule has 1 unspecified atom stereocenters. The summed E-state index contributed by atoms with van der Waals surface area (Å²) in [7, 11) is 0. The van der Waals surface area contributed by atoms with Crippen LogP contribution in [-0.2, 0) is 0 Å². The molecule has 3 heteroatoms. The van der Waals surface area contributed by atoms with Crippen molar-refractivity contribution in [2.45, 2.75) is 43.9 Å². The van der Waals surface area contributed by atoms with E-state index in [4.69, 9.17) is 0 Å². The summed E-state index contributed by atoms with van der Waals surface area (Å²) < 4.78 is 1.24. The van der Waals surface area contributed by atoms with Gasteiger partial charge in [-0.25, -0.2) is 0 Å². The molecule has 0 radical (unpaired) electrons. The zero-order valence-electron chi connectivity index (χ0n) is 8.93. The first-order valence-electron chi connectivity index (χ1n) is 5.57. The van der Waals surface area contributed by atoms with Crippen LogP contribution in [0.25, 0.3) is 0 Å². The van der Waals surface area contributed by atoms with Crippen LogP contribution in [0.1, 0.15) is 48.7 Å². The minimum atomic E-state index is 0.518. The van der Waals surface area contributed by atoms with E-state index in [0.29, 0.717) is 10.2 Å². The number of halogens is 2. The van der Waals surface area contributed by atoms with Gasteiger partial charge in [-0.1, -0.05) is 35.7 Å².